The Bertz CT molecular complexity index is 1110. The second-order valence-electron chi connectivity index (χ2n) is 7.01. The van der Waals surface area contributed by atoms with Crippen molar-refractivity contribution in [2.45, 2.75) is 24.4 Å². The maximum Gasteiger partial charge on any atom is 0.269 e. The van der Waals surface area contributed by atoms with Gasteiger partial charge in [-0.15, -0.1) is 0 Å². The average Bonchev–Trinajstić information content (AvgIpc) is 3.15. The van der Waals surface area contributed by atoms with E-state index < -0.39 is 26.6 Å². The van der Waals surface area contributed by atoms with Gasteiger partial charge in [0.1, 0.15) is 17.9 Å². The van der Waals surface area contributed by atoms with Crippen LogP contribution in [0, 0.1) is 11.6 Å². The van der Waals surface area contributed by atoms with Gasteiger partial charge in [0.15, 0.2) is 10.7 Å². The molecule has 0 radical (unpaired) electrons. The molecule has 3 aromatic rings. The second-order valence-corrected chi connectivity index (χ2v) is 8.63. The van der Waals surface area contributed by atoms with Gasteiger partial charge in [-0.1, -0.05) is 29.4 Å². The molecule has 0 spiro atoms. The van der Waals surface area contributed by atoms with Crippen molar-refractivity contribution in [2.24, 2.45) is 0 Å². The zero-order chi connectivity index (χ0) is 21.1. The number of anilines is 2. The fourth-order valence-corrected chi connectivity index (χ4v) is 4.35. The van der Waals surface area contributed by atoms with Gasteiger partial charge in [0.25, 0.3) is 10.0 Å². The van der Waals surface area contributed by atoms with Gasteiger partial charge in [-0.2, -0.15) is 0 Å². The molecule has 1 aliphatic rings. The molecule has 2 aromatic carbocycles. The Morgan fingerprint density at radius 3 is 2.37 bits per heavy atom. The van der Waals surface area contributed by atoms with Gasteiger partial charge in [-0.05, 0) is 42.8 Å². The number of benzene rings is 2. The van der Waals surface area contributed by atoms with E-state index in [1.54, 1.807) is 0 Å². The Kier molecular flexibility index (Phi) is 5.69. The molecule has 0 saturated carbocycles. The number of halogens is 2. The largest absolute Gasteiger partial charge is 0.381 e. The number of aromatic nitrogens is 1. The van der Waals surface area contributed by atoms with Crippen LogP contribution < -0.4 is 10.0 Å². The van der Waals surface area contributed by atoms with Crippen LogP contribution in [0.1, 0.15) is 17.5 Å². The van der Waals surface area contributed by atoms with Crippen LogP contribution in [0.2, 0.25) is 0 Å². The van der Waals surface area contributed by atoms with Crippen LogP contribution in [0.15, 0.2) is 58.1 Å². The first-order chi connectivity index (χ1) is 14.4. The number of hydrogen-bond donors (Lipinski definition) is 2. The lowest BCUT2D eigenvalue weighted by atomic mass is 10.1. The molecule has 2 N–H and O–H groups in total. The summed E-state index contributed by atoms with van der Waals surface area (Å²) in [6.45, 7) is 3.31. The number of likely N-dealkylation sites (tertiary alicyclic amines) is 1. The van der Waals surface area contributed by atoms with E-state index >= 15 is 0 Å². The van der Waals surface area contributed by atoms with Gasteiger partial charge >= 0.3 is 0 Å². The van der Waals surface area contributed by atoms with E-state index in [-0.39, 0.29) is 11.5 Å². The monoisotopic (exact) mass is 434 g/mol. The first kappa shape index (κ1) is 20.3. The minimum atomic E-state index is -4.50. The molecule has 0 aliphatic carbocycles. The molecule has 0 unspecified atom stereocenters. The van der Waals surface area contributed by atoms with E-state index in [0.717, 1.165) is 49.2 Å². The standard InChI is InChI=1S/C20H20F2N4O3S/c21-17-10-16(11-18(22)20(17)30(27,28)25-19-6-9-29-24-19)23-12-14-4-1-2-5-15(14)13-26-7-3-8-26/h1-2,4-6,9-11,23H,3,7-8,12-13H2,(H,24,25). The molecule has 4 rings (SSSR count). The fourth-order valence-electron chi connectivity index (χ4n) is 3.23. The fraction of sp³-hybridized carbons (Fsp3) is 0.250. The van der Waals surface area contributed by atoms with Crippen molar-refractivity contribution in [1.29, 1.82) is 0 Å². The molecule has 7 nitrogen and oxygen atoms in total. The molecule has 0 atom stereocenters. The molecule has 1 aliphatic heterocycles. The third kappa shape index (κ3) is 4.44. The number of rotatable bonds is 8. The Morgan fingerprint density at radius 2 is 1.77 bits per heavy atom. The summed E-state index contributed by atoms with van der Waals surface area (Å²) in [6.07, 6.45) is 2.33. The summed E-state index contributed by atoms with van der Waals surface area (Å²) in [6, 6.07) is 11.0. The van der Waals surface area contributed by atoms with Crippen LogP contribution in [-0.4, -0.2) is 31.6 Å². The molecular formula is C20H20F2N4O3S. The molecule has 158 valence electrons. The van der Waals surface area contributed by atoms with Gasteiger partial charge in [0.2, 0.25) is 0 Å². The zero-order valence-corrected chi connectivity index (χ0v) is 16.8. The van der Waals surface area contributed by atoms with Crippen molar-refractivity contribution in [3.8, 4) is 0 Å². The summed E-state index contributed by atoms with van der Waals surface area (Å²) in [4.78, 5) is 1.24. The van der Waals surface area contributed by atoms with Crippen LogP contribution in [0.3, 0.4) is 0 Å². The van der Waals surface area contributed by atoms with Gasteiger partial charge in [-0.25, -0.2) is 17.2 Å². The third-order valence-corrected chi connectivity index (χ3v) is 6.29. The Labute approximate surface area is 172 Å². The minimum absolute atomic E-state index is 0.143. The SMILES string of the molecule is O=S(=O)(Nc1ccon1)c1c(F)cc(NCc2ccccc2CN2CCC2)cc1F. The molecule has 0 bridgehead atoms. The van der Waals surface area contributed by atoms with Gasteiger partial charge < -0.3 is 9.84 Å². The molecule has 10 heteroatoms. The number of nitrogens with one attached hydrogen (secondary N) is 2. The predicted octanol–water partition coefficient (Wildman–Crippen LogP) is 3.57. The summed E-state index contributed by atoms with van der Waals surface area (Å²) in [7, 11) is -4.50. The number of hydrogen-bond acceptors (Lipinski definition) is 6. The van der Waals surface area contributed by atoms with E-state index in [9.17, 15) is 17.2 Å². The van der Waals surface area contributed by atoms with Gasteiger partial charge in [-0.3, -0.25) is 9.62 Å². The lowest BCUT2D eigenvalue weighted by Gasteiger charge is -2.31. The van der Waals surface area contributed by atoms with Gasteiger partial charge in [0, 0.05) is 24.8 Å². The topological polar surface area (TPSA) is 87.5 Å². The van der Waals surface area contributed by atoms with Crippen molar-refractivity contribution in [3.05, 3.63) is 71.5 Å². The molecule has 1 aromatic heterocycles. The van der Waals surface area contributed by atoms with Crippen molar-refractivity contribution < 1.29 is 21.7 Å². The smallest absolute Gasteiger partial charge is 0.269 e. The van der Waals surface area contributed by atoms with Crippen LogP contribution in [0.25, 0.3) is 0 Å². The molecule has 0 amide bonds. The summed E-state index contributed by atoms with van der Waals surface area (Å²) in [5.74, 6) is -2.58. The summed E-state index contributed by atoms with van der Waals surface area (Å²) < 4.78 is 60.2. The van der Waals surface area contributed by atoms with Gasteiger partial charge in [0.05, 0.1) is 0 Å². The zero-order valence-electron chi connectivity index (χ0n) is 15.9. The summed E-state index contributed by atoms with van der Waals surface area (Å²) in [5, 5.41) is 6.36. The van der Waals surface area contributed by atoms with Crippen molar-refractivity contribution in [1.82, 2.24) is 10.1 Å². The number of sulfonamides is 1. The van der Waals surface area contributed by atoms with Crippen molar-refractivity contribution in [2.75, 3.05) is 23.1 Å². The Morgan fingerprint density at radius 1 is 1.07 bits per heavy atom. The van der Waals surface area contributed by atoms with Crippen molar-refractivity contribution in [3.63, 3.8) is 0 Å². The summed E-state index contributed by atoms with van der Waals surface area (Å²) in [5.41, 5.74) is 2.29. The highest BCUT2D eigenvalue weighted by Gasteiger charge is 2.26. The minimum Gasteiger partial charge on any atom is -0.381 e. The van der Waals surface area contributed by atoms with Crippen LogP contribution in [-0.2, 0) is 23.1 Å². The highest BCUT2D eigenvalue weighted by molar-refractivity contribution is 7.92. The quantitative estimate of drug-likeness (QED) is 0.564. The maximum atomic E-state index is 14.5. The third-order valence-electron chi connectivity index (χ3n) is 4.89. The Balaban J connectivity index is 1.50. The maximum absolute atomic E-state index is 14.5. The van der Waals surface area contributed by atoms with Crippen molar-refractivity contribution >= 4 is 21.5 Å². The van der Waals surface area contributed by atoms with E-state index in [4.69, 9.17) is 0 Å². The highest BCUT2D eigenvalue weighted by atomic mass is 32.2. The molecule has 2 heterocycles. The normalized spacial score (nSPS) is 14.3. The van der Waals surface area contributed by atoms with Crippen LogP contribution in [0.5, 0.6) is 0 Å². The van der Waals surface area contributed by atoms with Crippen LogP contribution >= 0.6 is 0 Å². The first-order valence-corrected chi connectivity index (χ1v) is 10.9. The predicted molar refractivity (Wildman–Crippen MR) is 107 cm³/mol. The molecular weight excluding hydrogens is 414 g/mol. The second kappa shape index (κ2) is 8.41. The Hall–Kier alpha value is -2.98. The molecule has 30 heavy (non-hydrogen) atoms. The van der Waals surface area contributed by atoms with E-state index in [1.165, 1.54) is 12.5 Å². The molecule has 1 saturated heterocycles. The van der Waals surface area contributed by atoms with E-state index in [1.807, 2.05) is 29.0 Å². The summed E-state index contributed by atoms with van der Waals surface area (Å²) >= 11 is 0. The van der Waals surface area contributed by atoms with Crippen LogP contribution in [0.4, 0.5) is 20.3 Å². The first-order valence-electron chi connectivity index (χ1n) is 9.37. The van der Waals surface area contributed by atoms with E-state index in [0.29, 0.717) is 6.54 Å². The lowest BCUT2D eigenvalue weighted by molar-refractivity contribution is 0.172. The average molecular weight is 434 g/mol. The van der Waals surface area contributed by atoms with E-state index in [2.05, 4.69) is 19.9 Å². The number of nitrogens with zero attached hydrogens (tertiary/aromatic N) is 2. The lowest BCUT2D eigenvalue weighted by Crippen LogP contribution is -2.36. The molecule has 1 fully saturated rings. The highest BCUT2D eigenvalue weighted by Crippen LogP contribution is 2.26.